The molecule has 144 valence electrons. The highest BCUT2D eigenvalue weighted by Crippen LogP contribution is 2.36. The first-order valence-electron chi connectivity index (χ1n) is 9.57. The van der Waals surface area contributed by atoms with Gasteiger partial charge in [-0.05, 0) is 53.2 Å². The predicted octanol–water partition coefficient (Wildman–Crippen LogP) is 6.12. The number of rotatable bonds is 2. The van der Waals surface area contributed by atoms with Crippen LogP contribution in [0, 0.1) is 0 Å². The summed E-state index contributed by atoms with van der Waals surface area (Å²) in [5.41, 5.74) is 3.25. The Kier molecular flexibility index (Phi) is 3.52. The Labute approximate surface area is 175 Å². The molecule has 0 spiro atoms. The van der Waals surface area contributed by atoms with Crippen molar-refractivity contribution in [3.05, 3.63) is 88.5 Å². The molecule has 0 radical (unpaired) electrons. The second-order valence-electron chi connectivity index (χ2n) is 7.43. The van der Waals surface area contributed by atoms with Gasteiger partial charge in [0.25, 0.3) is 0 Å². The number of thiophene rings is 1. The first kappa shape index (κ1) is 17.2. The van der Waals surface area contributed by atoms with E-state index in [0.717, 1.165) is 37.3 Å². The molecule has 0 atom stereocenters. The van der Waals surface area contributed by atoms with Crippen LogP contribution in [-0.2, 0) is 7.05 Å². The third-order valence-corrected chi connectivity index (χ3v) is 6.69. The summed E-state index contributed by atoms with van der Waals surface area (Å²) in [4.78, 5) is 26.9. The van der Waals surface area contributed by atoms with Gasteiger partial charge in [-0.15, -0.1) is 11.3 Å². The van der Waals surface area contributed by atoms with Crippen molar-refractivity contribution in [1.82, 2.24) is 4.57 Å². The van der Waals surface area contributed by atoms with Crippen molar-refractivity contribution >= 4 is 50.0 Å². The highest BCUT2D eigenvalue weighted by Gasteiger charge is 2.33. The zero-order valence-electron chi connectivity index (χ0n) is 16.0. The maximum absolute atomic E-state index is 13.0. The molecule has 0 unspecified atom stereocenters. The van der Waals surface area contributed by atoms with E-state index in [9.17, 15) is 9.59 Å². The fourth-order valence-corrected chi connectivity index (χ4v) is 5.22. The van der Waals surface area contributed by atoms with E-state index in [2.05, 4.69) is 10.6 Å². The zero-order chi connectivity index (χ0) is 20.4. The lowest BCUT2D eigenvalue weighted by molar-refractivity contribution is 0.0990. The van der Waals surface area contributed by atoms with Crippen LogP contribution in [-0.4, -0.2) is 16.1 Å². The second kappa shape index (κ2) is 6.15. The molecule has 0 amide bonds. The molecule has 5 aromatic rings. The summed E-state index contributed by atoms with van der Waals surface area (Å²) in [6.45, 7) is 0. The van der Waals surface area contributed by atoms with Gasteiger partial charge in [-0.3, -0.25) is 9.59 Å². The number of carbonyl (C=O) groups excluding carboxylic acids is 2. The molecule has 1 aliphatic rings. The molecule has 5 heteroatoms. The van der Waals surface area contributed by atoms with Crippen LogP contribution >= 0.6 is 11.3 Å². The number of allylic oxidation sites excluding steroid dienone is 1. The van der Waals surface area contributed by atoms with Gasteiger partial charge in [-0.2, -0.15) is 0 Å². The zero-order valence-corrected chi connectivity index (χ0v) is 16.8. The second-order valence-corrected chi connectivity index (χ2v) is 8.54. The predicted molar refractivity (Wildman–Crippen MR) is 119 cm³/mol. The van der Waals surface area contributed by atoms with Crippen molar-refractivity contribution in [2.75, 3.05) is 0 Å². The van der Waals surface area contributed by atoms with Gasteiger partial charge in [0.15, 0.2) is 11.6 Å². The number of ketones is 2. The molecule has 0 aliphatic heterocycles. The summed E-state index contributed by atoms with van der Waals surface area (Å²) >= 11 is 1.56. The van der Waals surface area contributed by atoms with Crippen molar-refractivity contribution < 1.29 is 14.0 Å². The highest BCUT2D eigenvalue weighted by molar-refractivity contribution is 7.19. The number of hydrogen-bond donors (Lipinski definition) is 0. The van der Waals surface area contributed by atoms with Crippen LogP contribution in [0.15, 0.2) is 76.9 Å². The number of aryl methyl sites for hydroxylation is 1. The third kappa shape index (κ3) is 2.39. The first-order chi connectivity index (χ1) is 14.6. The molecule has 1 aliphatic carbocycles. The molecule has 0 fully saturated rings. The van der Waals surface area contributed by atoms with Gasteiger partial charge in [-0.25, -0.2) is 0 Å². The SMILES string of the molecule is Cn1c(-c2ccco2)cc2sc(C=C3C(=O)c4cc5ccccc5cc4C3=O)cc21. The highest BCUT2D eigenvalue weighted by atomic mass is 32.1. The molecule has 0 N–H and O–H groups in total. The normalized spacial score (nSPS) is 13.6. The van der Waals surface area contributed by atoms with Crippen molar-refractivity contribution in [1.29, 1.82) is 0 Å². The van der Waals surface area contributed by atoms with Crippen LogP contribution < -0.4 is 0 Å². The summed E-state index contributed by atoms with van der Waals surface area (Å²) in [5, 5.41) is 1.93. The summed E-state index contributed by atoms with van der Waals surface area (Å²) in [7, 11) is 1.98. The number of furan rings is 1. The number of Topliss-reactive ketones (excluding diaryl/α,β-unsaturated/α-hetero) is 2. The van der Waals surface area contributed by atoms with Crippen LogP contribution in [0.2, 0.25) is 0 Å². The van der Waals surface area contributed by atoms with Crippen LogP contribution in [0.5, 0.6) is 0 Å². The molecule has 30 heavy (non-hydrogen) atoms. The van der Waals surface area contributed by atoms with E-state index in [0.29, 0.717) is 11.1 Å². The van der Waals surface area contributed by atoms with Gasteiger partial charge in [0.05, 0.1) is 27.7 Å². The van der Waals surface area contributed by atoms with Crippen LogP contribution in [0.1, 0.15) is 25.6 Å². The molecule has 2 aromatic carbocycles. The molecule has 6 rings (SSSR count). The molecule has 0 saturated heterocycles. The standard InChI is InChI=1S/C25H15NO3S/c1-26-20(22-7-4-8-29-22)13-23-21(26)12-16(30-23)11-19-24(27)17-9-14-5-2-3-6-15(14)10-18(17)25(19)28/h2-13H,1H3. The number of benzene rings is 2. The van der Waals surface area contributed by atoms with Crippen LogP contribution in [0.3, 0.4) is 0 Å². The average Bonchev–Trinajstić information content (AvgIpc) is 3.51. The molecular weight excluding hydrogens is 394 g/mol. The molecular formula is C25H15NO3S. The Bertz CT molecular complexity index is 1470. The van der Waals surface area contributed by atoms with Crippen molar-refractivity contribution in [3.63, 3.8) is 0 Å². The quantitative estimate of drug-likeness (QED) is 0.261. The van der Waals surface area contributed by atoms with Gasteiger partial charge >= 0.3 is 0 Å². The van der Waals surface area contributed by atoms with E-state index in [1.54, 1.807) is 23.7 Å². The average molecular weight is 409 g/mol. The molecule has 3 aromatic heterocycles. The first-order valence-corrected chi connectivity index (χ1v) is 10.4. The Hall–Kier alpha value is -3.70. The van der Waals surface area contributed by atoms with E-state index in [-0.39, 0.29) is 17.1 Å². The van der Waals surface area contributed by atoms with Gasteiger partial charge < -0.3 is 8.98 Å². The van der Waals surface area contributed by atoms with E-state index in [4.69, 9.17) is 4.42 Å². The number of fused-ring (bicyclic) bond motifs is 3. The molecule has 3 heterocycles. The lowest BCUT2D eigenvalue weighted by Gasteiger charge is -2.00. The Morgan fingerprint density at radius 3 is 2.20 bits per heavy atom. The minimum atomic E-state index is -0.200. The van der Waals surface area contributed by atoms with Gasteiger partial charge in [0.2, 0.25) is 0 Å². The van der Waals surface area contributed by atoms with Crippen LogP contribution in [0.25, 0.3) is 38.5 Å². The topological polar surface area (TPSA) is 52.2 Å². The molecule has 0 saturated carbocycles. The van der Waals surface area contributed by atoms with Crippen molar-refractivity contribution in [3.8, 4) is 11.5 Å². The summed E-state index contributed by atoms with van der Waals surface area (Å²) in [5.74, 6) is 0.411. The number of carbonyl (C=O) groups is 2. The number of hydrogen-bond acceptors (Lipinski definition) is 4. The van der Waals surface area contributed by atoms with Crippen LogP contribution in [0.4, 0.5) is 0 Å². The fourth-order valence-electron chi connectivity index (χ4n) is 4.15. The minimum absolute atomic E-state index is 0.200. The maximum Gasteiger partial charge on any atom is 0.197 e. The minimum Gasteiger partial charge on any atom is -0.463 e. The van der Waals surface area contributed by atoms with Gasteiger partial charge in [-0.1, -0.05) is 24.3 Å². The van der Waals surface area contributed by atoms with E-state index in [1.807, 2.05) is 61.6 Å². The van der Waals surface area contributed by atoms with Crippen molar-refractivity contribution in [2.45, 2.75) is 0 Å². The lowest BCUT2D eigenvalue weighted by atomic mass is 10.0. The molecule has 0 bridgehead atoms. The summed E-state index contributed by atoms with van der Waals surface area (Å²) in [6.07, 6.45) is 3.39. The Balaban J connectivity index is 1.43. The largest absolute Gasteiger partial charge is 0.463 e. The maximum atomic E-state index is 13.0. The van der Waals surface area contributed by atoms with E-state index in [1.165, 1.54) is 0 Å². The number of aromatic nitrogens is 1. The van der Waals surface area contributed by atoms with E-state index < -0.39 is 0 Å². The third-order valence-electron chi connectivity index (χ3n) is 5.67. The molecule has 4 nitrogen and oxygen atoms in total. The fraction of sp³-hybridized carbons (Fsp3) is 0.0400. The lowest BCUT2D eigenvalue weighted by Crippen LogP contribution is -1.99. The summed E-state index contributed by atoms with van der Waals surface area (Å²) in [6, 6.07) is 19.3. The number of nitrogens with zero attached hydrogens (tertiary/aromatic N) is 1. The van der Waals surface area contributed by atoms with Gasteiger partial charge in [0.1, 0.15) is 5.76 Å². The van der Waals surface area contributed by atoms with E-state index >= 15 is 0 Å². The Morgan fingerprint density at radius 1 is 0.900 bits per heavy atom. The monoisotopic (exact) mass is 409 g/mol. The van der Waals surface area contributed by atoms with Crippen molar-refractivity contribution in [2.24, 2.45) is 7.05 Å². The Morgan fingerprint density at radius 2 is 1.60 bits per heavy atom. The summed E-state index contributed by atoms with van der Waals surface area (Å²) < 4.78 is 8.66. The smallest absolute Gasteiger partial charge is 0.197 e. The van der Waals surface area contributed by atoms with Gasteiger partial charge in [0, 0.05) is 23.1 Å².